The second kappa shape index (κ2) is 10.4. The summed E-state index contributed by atoms with van der Waals surface area (Å²) in [5.41, 5.74) is 2.15. The van der Waals surface area contributed by atoms with Crippen molar-refractivity contribution in [3.63, 3.8) is 0 Å². The molecule has 0 fully saturated rings. The molecule has 1 aromatic heterocycles. The fraction of sp³-hybridized carbons (Fsp3) is 0.448. The van der Waals surface area contributed by atoms with E-state index in [0.717, 1.165) is 22.6 Å². The van der Waals surface area contributed by atoms with E-state index in [0.29, 0.717) is 18.1 Å². The van der Waals surface area contributed by atoms with Gasteiger partial charge in [-0.05, 0) is 65.6 Å². The van der Waals surface area contributed by atoms with E-state index in [-0.39, 0.29) is 10.1 Å². The molecule has 3 rings (SSSR count). The molecule has 0 aliphatic carbocycles. The van der Waals surface area contributed by atoms with Crippen molar-refractivity contribution in [2.45, 2.75) is 84.2 Å². The van der Waals surface area contributed by atoms with Gasteiger partial charge in [-0.15, -0.1) is 0 Å². The molecule has 0 unspecified atom stereocenters. The van der Waals surface area contributed by atoms with Crippen LogP contribution in [0.25, 0.3) is 12.2 Å². The molecule has 0 amide bonds. The minimum atomic E-state index is -2.07. The normalized spacial score (nSPS) is 13.3. The van der Waals surface area contributed by atoms with Crippen molar-refractivity contribution in [2.75, 3.05) is 0 Å². The summed E-state index contributed by atoms with van der Waals surface area (Å²) >= 11 is 0. The number of hydrogen-bond donors (Lipinski definition) is 0. The van der Waals surface area contributed by atoms with Crippen LogP contribution in [0.5, 0.6) is 11.5 Å². The largest absolute Gasteiger partial charge is 0.541 e. The van der Waals surface area contributed by atoms with Crippen molar-refractivity contribution in [3.8, 4) is 11.5 Å². The summed E-state index contributed by atoms with van der Waals surface area (Å²) < 4.78 is 18.9. The molecule has 0 saturated heterocycles. The molecule has 0 radical (unpaired) electrons. The van der Waals surface area contributed by atoms with Gasteiger partial charge in [0.25, 0.3) is 22.5 Å². The van der Waals surface area contributed by atoms with Gasteiger partial charge in [-0.1, -0.05) is 83.1 Å². The van der Waals surface area contributed by atoms with Crippen molar-refractivity contribution in [2.24, 2.45) is 0 Å². The lowest BCUT2D eigenvalue weighted by molar-refractivity contribution is 0.404. The Balaban J connectivity index is 1.87. The highest BCUT2D eigenvalue weighted by atomic mass is 28.4. The highest BCUT2D eigenvalue weighted by Gasteiger charge is 2.42. The topological polar surface area (TPSA) is 57.4 Å². The molecule has 0 aliphatic heterocycles. The molecule has 194 valence electrons. The van der Waals surface area contributed by atoms with Gasteiger partial charge in [0, 0.05) is 12.5 Å². The Kier molecular flexibility index (Phi) is 8.05. The maximum Gasteiger partial charge on any atom is 0.250 e. The van der Waals surface area contributed by atoms with E-state index in [1.54, 1.807) is 0 Å². The maximum absolute atomic E-state index is 6.77. The van der Waals surface area contributed by atoms with Crippen molar-refractivity contribution < 1.29 is 13.4 Å². The molecule has 36 heavy (non-hydrogen) atoms. The zero-order valence-corrected chi connectivity index (χ0v) is 25.6. The first kappa shape index (κ1) is 27.9. The van der Waals surface area contributed by atoms with Crippen molar-refractivity contribution in [1.82, 2.24) is 10.1 Å². The molecule has 1 heterocycles. The zero-order valence-electron chi connectivity index (χ0n) is 23.6. The summed E-state index contributed by atoms with van der Waals surface area (Å²) in [5, 5.41) is 4.29. The summed E-state index contributed by atoms with van der Waals surface area (Å²) in [4.78, 5) is 4.52. The van der Waals surface area contributed by atoms with Crippen LogP contribution in [0, 0.1) is 0 Å². The first-order valence-electron chi connectivity index (χ1n) is 12.6. The molecule has 0 spiro atoms. The first-order chi connectivity index (χ1) is 16.6. The lowest BCUT2D eigenvalue weighted by Crippen LogP contribution is -2.45. The zero-order chi connectivity index (χ0) is 26.8. The van der Waals surface area contributed by atoms with Gasteiger partial charge in [-0.2, -0.15) is 4.98 Å². The maximum atomic E-state index is 6.77. The smallest absolute Gasteiger partial charge is 0.250 e. The lowest BCUT2D eigenvalue weighted by Gasteiger charge is -2.39. The summed E-state index contributed by atoms with van der Waals surface area (Å²) in [5.74, 6) is 2.78. The van der Waals surface area contributed by atoms with Crippen molar-refractivity contribution in [3.05, 3.63) is 71.4 Å². The van der Waals surface area contributed by atoms with Gasteiger partial charge in [0.15, 0.2) is 5.82 Å². The predicted molar refractivity (Wildman–Crippen MR) is 155 cm³/mol. The summed E-state index contributed by atoms with van der Waals surface area (Å²) in [6.07, 6.45) is 4.47. The second-order valence-electron chi connectivity index (χ2n) is 12.5. The van der Waals surface area contributed by atoms with Crippen LogP contribution >= 0.6 is 0 Å². The van der Waals surface area contributed by atoms with E-state index in [1.807, 2.05) is 36.4 Å². The van der Waals surface area contributed by atoms with Crippen LogP contribution in [0.4, 0.5) is 0 Å². The minimum absolute atomic E-state index is 0.0754. The van der Waals surface area contributed by atoms with Crippen LogP contribution in [0.3, 0.4) is 0 Å². The average Bonchev–Trinajstić information content (AvgIpc) is 3.20. The van der Waals surface area contributed by atoms with Crippen LogP contribution in [0.2, 0.25) is 36.3 Å². The Hall–Kier alpha value is -2.65. The minimum Gasteiger partial charge on any atom is -0.541 e. The van der Waals surface area contributed by atoms with E-state index in [2.05, 4.69) is 102 Å². The fourth-order valence-electron chi connectivity index (χ4n) is 3.00. The standard InChI is InChI=1S/C29H42N2O3Si2/c1-28(2,3)35(7,8)33-24-18-16-23(20-25(24)34-36(9,10)29(4,5)6)17-19-27-30-26(31-32-27)21-22-14-12-11-13-15-22/h11-20H,21H2,1-10H3/b19-17+. The van der Waals surface area contributed by atoms with E-state index in [9.17, 15) is 0 Å². The van der Waals surface area contributed by atoms with E-state index < -0.39 is 16.6 Å². The molecule has 0 bridgehead atoms. The van der Waals surface area contributed by atoms with Crippen LogP contribution in [-0.2, 0) is 6.42 Å². The lowest BCUT2D eigenvalue weighted by atomic mass is 10.1. The molecular formula is C29H42N2O3Si2. The summed E-state index contributed by atoms with van der Waals surface area (Å²) in [6, 6.07) is 16.3. The van der Waals surface area contributed by atoms with Crippen LogP contribution in [-0.4, -0.2) is 26.8 Å². The molecule has 5 nitrogen and oxygen atoms in total. The van der Waals surface area contributed by atoms with Gasteiger partial charge in [0.05, 0.1) is 0 Å². The number of aromatic nitrogens is 2. The van der Waals surface area contributed by atoms with Gasteiger partial charge >= 0.3 is 0 Å². The molecule has 0 saturated carbocycles. The quantitative estimate of drug-likeness (QED) is 0.277. The van der Waals surface area contributed by atoms with Crippen LogP contribution in [0.1, 0.15) is 64.4 Å². The Morgan fingerprint density at radius 1 is 0.778 bits per heavy atom. The second-order valence-corrected chi connectivity index (χ2v) is 21.9. The van der Waals surface area contributed by atoms with Crippen LogP contribution < -0.4 is 8.85 Å². The molecule has 0 aliphatic rings. The van der Waals surface area contributed by atoms with Crippen molar-refractivity contribution in [1.29, 1.82) is 0 Å². The van der Waals surface area contributed by atoms with Gasteiger partial charge in [0.2, 0.25) is 0 Å². The Labute approximate surface area is 219 Å². The fourth-order valence-corrected chi connectivity index (χ4v) is 5.04. The Morgan fingerprint density at radius 2 is 1.36 bits per heavy atom. The Bertz CT molecular complexity index is 1190. The third-order valence-electron chi connectivity index (χ3n) is 7.42. The highest BCUT2D eigenvalue weighted by molar-refractivity contribution is 6.75. The number of benzene rings is 2. The summed E-state index contributed by atoms with van der Waals surface area (Å²) in [6.45, 7) is 22.6. The first-order valence-corrected chi connectivity index (χ1v) is 18.5. The molecule has 2 aromatic carbocycles. The molecule has 7 heteroatoms. The SMILES string of the molecule is CC(C)(C)[Si](C)(C)Oc1ccc(/C=C/c2nc(Cc3ccccc3)no2)cc1O[Si](C)(C)C(C)(C)C. The number of hydrogen-bond acceptors (Lipinski definition) is 5. The van der Waals surface area contributed by atoms with Gasteiger partial charge in [0.1, 0.15) is 11.5 Å². The molecular weight excluding hydrogens is 481 g/mol. The van der Waals surface area contributed by atoms with E-state index in [1.165, 1.54) is 0 Å². The van der Waals surface area contributed by atoms with Crippen molar-refractivity contribution >= 4 is 28.8 Å². The van der Waals surface area contributed by atoms with Crippen LogP contribution in [0.15, 0.2) is 53.1 Å². The Morgan fingerprint density at radius 3 is 1.94 bits per heavy atom. The molecule has 3 aromatic rings. The van der Waals surface area contributed by atoms with E-state index >= 15 is 0 Å². The highest BCUT2D eigenvalue weighted by Crippen LogP contribution is 2.43. The van der Waals surface area contributed by atoms with E-state index in [4.69, 9.17) is 13.4 Å². The van der Waals surface area contributed by atoms with Gasteiger partial charge in [-0.3, -0.25) is 0 Å². The van der Waals surface area contributed by atoms with Gasteiger partial charge < -0.3 is 13.4 Å². The average molecular weight is 523 g/mol. The monoisotopic (exact) mass is 522 g/mol. The third-order valence-corrected chi connectivity index (χ3v) is 16.1. The van der Waals surface area contributed by atoms with Gasteiger partial charge in [-0.25, -0.2) is 0 Å². The predicted octanol–water partition coefficient (Wildman–Crippen LogP) is 8.60. The third kappa shape index (κ3) is 6.98. The number of nitrogens with zero attached hydrogens (tertiary/aromatic N) is 2. The summed E-state index contributed by atoms with van der Waals surface area (Å²) in [7, 11) is -4.10. The molecule has 0 atom stereocenters. The number of rotatable bonds is 8. The molecule has 0 N–H and O–H groups in total.